The Kier molecular flexibility index (Phi) is 8.03. The van der Waals surface area contributed by atoms with Crippen LogP contribution in [0.25, 0.3) is 10.9 Å². The number of nitrogens with one attached hydrogen (secondary N) is 1. The number of aryl methyl sites for hydroxylation is 1. The third-order valence-corrected chi connectivity index (χ3v) is 6.30. The minimum absolute atomic E-state index is 0.0271. The van der Waals surface area contributed by atoms with Gasteiger partial charge in [-0.1, -0.05) is 61.4 Å². The first-order chi connectivity index (χ1) is 17.0. The van der Waals surface area contributed by atoms with E-state index in [1.165, 1.54) is 22.8 Å². The van der Waals surface area contributed by atoms with Crippen molar-refractivity contribution in [1.29, 1.82) is 0 Å². The summed E-state index contributed by atoms with van der Waals surface area (Å²) in [6.07, 6.45) is 5.99. The molecule has 2 aromatic heterocycles. The molecular formula is C29H33N3O3. The number of carbonyl (C=O) groups is 2. The monoisotopic (exact) mass is 471 g/mol. The summed E-state index contributed by atoms with van der Waals surface area (Å²) >= 11 is 0. The van der Waals surface area contributed by atoms with Crippen LogP contribution < -0.4 is 0 Å². The maximum Gasteiger partial charge on any atom is 0.290 e. The summed E-state index contributed by atoms with van der Waals surface area (Å²) in [6, 6.07) is 19.8. The Labute approximate surface area is 206 Å². The summed E-state index contributed by atoms with van der Waals surface area (Å²) in [5, 5.41) is 1.17. The summed E-state index contributed by atoms with van der Waals surface area (Å²) < 4.78 is 5.32. The number of para-hydroxylation sites is 1. The van der Waals surface area contributed by atoms with Crippen molar-refractivity contribution in [1.82, 2.24) is 14.8 Å². The maximum atomic E-state index is 13.6. The maximum absolute atomic E-state index is 13.6. The number of H-pyrrole nitrogens is 1. The third kappa shape index (κ3) is 6.21. The first kappa shape index (κ1) is 24.3. The predicted molar refractivity (Wildman–Crippen MR) is 138 cm³/mol. The molecule has 0 bridgehead atoms. The fourth-order valence-electron chi connectivity index (χ4n) is 4.22. The van der Waals surface area contributed by atoms with Gasteiger partial charge in [0.1, 0.15) is 6.54 Å². The number of amides is 2. The van der Waals surface area contributed by atoms with Crippen LogP contribution in [0.4, 0.5) is 0 Å². The van der Waals surface area contributed by atoms with E-state index in [-0.39, 0.29) is 24.1 Å². The van der Waals surface area contributed by atoms with Crippen LogP contribution in [-0.4, -0.2) is 46.2 Å². The number of fused-ring (bicyclic) bond motifs is 1. The molecule has 35 heavy (non-hydrogen) atoms. The summed E-state index contributed by atoms with van der Waals surface area (Å²) in [5.74, 6) is -0.0529. The SMILES string of the molecule is CCCCN(CC(=O)N(CCc1c[nH]c2ccccc12)Cc1ccc(C)cc1)C(=O)c1ccco1. The Morgan fingerprint density at radius 1 is 0.943 bits per heavy atom. The van der Waals surface area contributed by atoms with Gasteiger partial charge >= 0.3 is 0 Å². The number of rotatable bonds is 11. The van der Waals surface area contributed by atoms with Crippen molar-refractivity contribution in [3.8, 4) is 0 Å². The van der Waals surface area contributed by atoms with Crippen molar-refractivity contribution in [2.75, 3.05) is 19.6 Å². The number of hydrogen-bond acceptors (Lipinski definition) is 3. The molecule has 0 fully saturated rings. The van der Waals surface area contributed by atoms with Crippen LogP contribution in [0.1, 0.15) is 47.0 Å². The van der Waals surface area contributed by atoms with E-state index >= 15 is 0 Å². The van der Waals surface area contributed by atoms with Crippen molar-refractivity contribution in [3.05, 3.63) is 95.6 Å². The number of aromatic nitrogens is 1. The van der Waals surface area contributed by atoms with Gasteiger partial charge in [-0.25, -0.2) is 0 Å². The van der Waals surface area contributed by atoms with E-state index in [0.717, 1.165) is 30.3 Å². The highest BCUT2D eigenvalue weighted by atomic mass is 16.3. The molecule has 0 radical (unpaired) electrons. The first-order valence-electron chi connectivity index (χ1n) is 12.3. The Morgan fingerprint density at radius 2 is 1.74 bits per heavy atom. The predicted octanol–water partition coefficient (Wildman–Crippen LogP) is 5.58. The highest BCUT2D eigenvalue weighted by Gasteiger charge is 2.24. The normalized spacial score (nSPS) is 11.0. The molecule has 2 amide bonds. The molecule has 1 N–H and O–H groups in total. The van der Waals surface area contributed by atoms with Crippen molar-refractivity contribution in [3.63, 3.8) is 0 Å². The van der Waals surface area contributed by atoms with E-state index < -0.39 is 0 Å². The van der Waals surface area contributed by atoms with Gasteiger partial charge < -0.3 is 19.2 Å². The third-order valence-electron chi connectivity index (χ3n) is 6.30. The molecule has 4 aromatic rings. The van der Waals surface area contributed by atoms with Crippen LogP contribution in [0.5, 0.6) is 0 Å². The van der Waals surface area contributed by atoms with E-state index in [9.17, 15) is 9.59 Å². The van der Waals surface area contributed by atoms with E-state index in [1.54, 1.807) is 17.0 Å². The van der Waals surface area contributed by atoms with Crippen molar-refractivity contribution >= 4 is 22.7 Å². The molecule has 0 saturated carbocycles. The lowest BCUT2D eigenvalue weighted by molar-refractivity contribution is -0.132. The molecule has 0 atom stereocenters. The highest BCUT2D eigenvalue weighted by molar-refractivity contribution is 5.94. The molecule has 4 rings (SSSR count). The van der Waals surface area contributed by atoms with Crippen molar-refractivity contribution in [2.45, 2.75) is 39.7 Å². The van der Waals surface area contributed by atoms with Gasteiger partial charge in [0.15, 0.2) is 5.76 Å². The molecule has 0 aliphatic heterocycles. The van der Waals surface area contributed by atoms with E-state index in [4.69, 9.17) is 4.42 Å². The first-order valence-corrected chi connectivity index (χ1v) is 12.3. The minimum atomic E-state index is -0.247. The van der Waals surface area contributed by atoms with Crippen LogP contribution in [-0.2, 0) is 17.8 Å². The number of nitrogens with zero attached hydrogens (tertiary/aromatic N) is 2. The second-order valence-electron chi connectivity index (χ2n) is 8.97. The standard InChI is InChI=1S/C29H33N3O3/c1-3-4-16-32(29(34)27-10-7-18-35-27)21-28(33)31(20-23-13-11-22(2)12-14-23)17-15-24-19-30-26-9-6-5-8-25(24)26/h5-14,18-19,30H,3-4,15-17,20-21H2,1-2H3. The van der Waals surface area contributed by atoms with Gasteiger partial charge in [0.05, 0.1) is 6.26 Å². The lowest BCUT2D eigenvalue weighted by Crippen LogP contribution is -2.43. The molecule has 182 valence electrons. The lowest BCUT2D eigenvalue weighted by atomic mass is 10.1. The Morgan fingerprint density at radius 3 is 2.49 bits per heavy atom. The summed E-state index contributed by atoms with van der Waals surface area (Å²) in [6.45, 7) is 5.73. The smallest absolute Gasteiger partial charge is 0.290 e. The second kappa shape index (κ2) is 11.6. The summed E-state index contributed by atoms with van der Waals surface area (Å²) in [4.78, 5) is 33.4. The topological polar surface area (TPSA) is 69.6 Å². The zero-order valence-electron chi connectivity index (χ0n) is 20.5. The van der Waals surface area contributed by atoms with Gasteiger partial charge in [-0.05, 0) is 49.1 Å². The fourth-order valence-corrected chi connectivity index (χ4v) is 4.22. The number of unbranched alkanes of at least 4 members (excludes halogenated alkanes) is 1. The van der Waals surface area contributed by atoms with Crippen LogP contribution in [0.15, 0.2) is 77.5 Å². The van der Waals surface area contributed by atoms with Gasteiger partial charge in [0.2, 0.25) is 5.91 Å². The molecule has 0 saturated heterocycles. The van der Waals surface area contributed by atoms with Crippen LogP contribution in [0, 0.1) is 6.92 Å². The molecule has 6 nitrogen and oxygen atoms in total. The van der Waals surface area contributed by atoms with Crippen LogP contribution >= 0.6 is 0 Å². The highest BCUT2D eigenvalue weighted by Crippen LogP contribution is 2.19. The van der Waals surface area contributed by atoms with E-state index in [2.05, 4.69) is 55.2 Å². The van der Waals surface area contributed by atoms with Gasteiger partial charge in [0.25, 0.3) is 5.91 Å². The molecule has 0 spiro atoms. The van der Waals surface area contributed by atoms with Crippen LogP contribution in [0.3, 0.4) is 0 Å². The Bertz CT molecular complexity index is 1240. The number of aromatic amines is 1. The average Bonchev–Trinajstić information content (AvgIpc) is 3.55. The largest absolute Gasteiger partial charge is 0.459 e. The van der Waals surface area contributed by atoms with Gasteiger partial charge in [0, 0.05) is 36.7 Å². The fraction of sp³-hybridized carbons (Fsp3) is 0.310. The molecule has 0 aliphatic rings. The van der Waals surface area contributed by atoms with Crippen molar-refractivity contribution < 1.29 is 14.0 Å². The van der Waals surface area contributed by atoms with Gasteiger partial charge in [-0.3, -0.25) is 9.59 Å². The average molecular weight is 472 g/mol. The molecular weight excluding hydrogens is 438 g/mol. The number of hydrogen-bond donors (Lipinski definition) is 1. The minimum Gasteiger partial charge on any atom is -0.459 e. The summed E-state index contributed by atoms with van der Waals surface area (Å²) in [7, 11) is 0. The number of carbonyl (C=O) groups excluding carboxylic acids is 2. The zero-order chi connectivity index (χ0) is 24.6. The molecule has 0 unspecified atom stereocenters. The van der Waals surface area contributed by atoms with Crippen LogP contribution in [0.2, 0.25) is 0 Å². The van der Waals surface area contributed by atoms with Gasteiger partial charge in [-0.2, -0.15) is 0 Å². The van der Waals surface area contributed by atoms with E-state index in [0.29, 0.717) is 19.6 Å². The number of benzene rings is 2. The number of furan rings is 1. The quantitative estimate of drug-likeness (QED) is 0.310. The molecule has 2 heterocycles. The molecule has 6 heteroatoms. The van der Waals surface area contributed by atoms with E-state index in [1.807, 2.05) is 23.2 Å². The van der Waals surface area contributed by atoms with Gasteiger partial charge in [-0.15, -0.1) is 0 Å². The molecule has 2 aromatic carbocycles. The summed E-state index contributed by atoms with van der Waals surface area (Å²) in [5.41, 5.74) is 4.52. The zero-order valence-corrected chi connectivity index (χ0v) is 20.5. The Balaban J connectivity index is 1.52. The molecule has 0 aliphatic carbocycles. The Hall–Kier alpha value is -3.80. The lowest BCUT2D eigenvalue weighted by Gasteiger charge is -2.27. The second-order valence-corrected chi connectivity index (χ2v) is 8.97. The van der Waals surface area contributed by atoms with Crippen molar-refractivity contribution in [2.24, 2.45) is 0 Å².